The molecule has 12 nitrogen and oxygen atoms in total. The second kappa shape index (κ2) is 13.4. The van der Waals surface area contributed by atoms with Crippen LogP contribution < -0.4 is 20.7 Å². The number of aromatic nitrogens is 4. The van der Waals surface area contributed by atoms with Crippen LogP contribution in [0.1, 0.15) is 65.4 Å². The SMILES string of the molecule is COc1ccc(C(=O)/C=C/C(=O)NC2CC(Nc3ccc(Nc4ncc5cc(C(=O)N(C)C)n(C6CCCC6)c5n4)nc3)C2)cc1. The van der Waals surface area contributed by atoms with Gasteiger partial charge in [0.2, 0.25) is 11.9 Å². The van der Waals surface area contributed by atoms with E-state index in [0.29, 0.717) is 28.8 Å². The minimum absolute atomic E-state index is 0.0309. The predicted molar refractivity (Wildman–Crippen MR) is 176 cm³/mol. The number of carbonyl (C=O) groups excluding carboxylic acids is 3. The lowest BCUT2D eigenvalue weighted by molar-refractivity contribution is -0.117. The van der Waals surface area contributed by atoms with Gasteiger partial charge in [-0.15, -0.1) is 0 Å². The normalized spacial score (nSPS) is 17.9. The quantitative estimate of drug-likeness (QED) is 0.157. The van der Waals surface area contributed by atoms with E-state index in [1.165, 1.54) is 12.2 Å². The third kappa shape index (κ3) is 6.85. The maximum atomic E-state index is 13.0. The maximum Gasteiger partial charge on any atom is 0.270 e. The largest absolute Gasteiger partial charge is 0.497 e. The molecule has 238 valence electrons. The first-order valence-corrected chi connectivity index (χ1v) is 15.5. The number of benzene rings is 1. The highest BCUT2D eigenvalue weighted by Crippen LogP contribution is 2.35. The van der Waals surface area contributed by atoms with Crippen molar-refractivity contribution in [3.05, 3.63) is 78.3 Å². The van der Waals surface area contributed by atoms with Gasteiger partial charge in [0.1, 0.15) is 22.9 Å². The van der Waals surface area contributed by atoms with Crippen molar-refractivity contribution < 1.29 is 19.1 Å². The zero-order chi connectivity index (χ0) is 32.2. The van der Waals surface area contributed by atoms with E-state index in [-0.39, 0.29) is 35.7 Å². The monoisotopic (exact) mass is 622 g/mol. The van der Waals surface area contributed by atoms with Gasteiger partial charge in [0.15, 0.2) is 5.78 Å². The zero-order valence-electron chi connectivity index (χ0n) is 26.2. The van der Waals surface area contributed by atoms with Crippen LogP contribution in [0.25, 0.3) is 11.0 Å². The number of ether oxygens (including phenoxy) is 1. The Morgan fingerprint density at radius 2 is 1.72 bits per heavy atom. The summed E-state index contributed by atoms with van der Waals surface area (Å²) in [5.41, 5.74) is 2.74. The molecule has 1 aromatic carbocycles. The van der Waals surface area contributed by atoms with Crippen LogP contribution in [0.4, 0.5) is 17.5 Å². The first-order valence-electron chi connectivity index (χ1n) is 15.5. The molecule has 2 amide bonds. The van der Waals surface area contributed by atoms with Crippen molar-refractivity contribution >= 4 is 46.1 Å². The highest BCUT2D eigenvalue weighted by atomic mass is 16.5. The fourth-order valence-electron chi connectivity index (χ4n) is 6.00. The van der Waals surface area contributed by atoms with Gasteiger partial charge < -0.3 is 30.2 Å². The lowest BCUT2D eigenvalue weighted by atomic mass is 9.86. The molecule has 2 aliphatic carbocycles. The molecule has 0 unspecified atom stereocenters. The Balaban J connectivity index is 1.01. The topological polar surface area (TPSA) is 143 Å². The summed E-state index contributed by atoms with van der Waals surface area (Å²) >= 11 is 0. The van der Waals surface area contributed by atoms with Crippen LogP contribution in [-0.2, 0) is 4.79 Å². The van der Waals surface area contributed by atoms with Crippen molar-refractivity contribution in [2.75, 3.05) is 31.8 Å². The van der Waals surface area contributed by atoms with Crippen LogP contribution in [0.15, 0.2) is 67.0 Å². The van der Waals surface area contributed by atoms with Crippen molar-refractivity contribution in [1.82, 2.24) is 29.7 Å². The van der Waals surface area contributed by atoms with E-state index >= 15 is 0 Å². The van der Waals surface area contributed by atoms with Crippen LogP contribution in [0.2, 0.25) is 0 Å². The molecule has 4 aromatic rings. The molecule has 0 atom stereocenters. The Bertz CT molecular complexity index is 1750. The van der Waals surface area contributed by atoms with E-state index < -0.39 is 0 Å². The number of fused-ring (bicyclic) bond motifs is 1. The Kier molecular flexibility index (Phi) is 8.95. The molecule has 0 aliphatic heterocycles. The summed E-state index contributed by atoms with van der Waals surface area (Å²) in [5.74, 6) is 1.10. The molecule has 2 saturated carbocycles. The van der Waals surface area contributed by atoms with Crippen LogP contribution in [-0.4, -0.2) is 75.3 Å². The molecule has 0 spiro atoms. The summed E-state index contributed by atoms with van der Waals surface area (Å²) in [6.07, 6.45) is 11.9. The molecule has 46 heavy (non-hydrogen) atoms. The summed E-state index contributed by atoms with van der Waals surface area (Å²) in [6.45, 7) is 0. The molecule has 3 aromatic heterocycles. The third-order valence-corrected chi connectivity index (χ3v) is 8.51. The lowest BCUT2D eigenvalue weighted by Crippen LogP contribution is -2.49. The second-order valence-electron chi connectivity index (χ2n) is 12.0. The third-order valence-electron chi connectivity index (χ3n) is 8.51. The van der Waals surface area contributed by atoms with E-state index in [9.17, 15) is 14.4 Å². The summed E-state index contributed by atoms with van der Waals surface area (Å²) < 4.78 is 7.19. The minimum atomic E-state index is -0.293. The van der Waals surface area contributed by atoms with Gasteiger partial charge in [-0.05, 0) is 74.2 Å². The van der Waals surface area contributed by atoms with Crippen LogP contribution in [0.5, 0.6) is 5.75 Å². The standard InChI is InChI=1S/C34H38N8O4/c1-41(2)33(45)28-16-22-19-36-34(40-32(22)42(28)26-6-4-5-7-26)39-30-14-10-23(20-35-30)37-24-17-25(18-24)38-31(44)15-13-29(43)21-8-11-27(46-3)12-9-21/h8-16,19-20,24-26,37H,4-7,17-18H2,1-3H3,(H,38,44)(H,35,36,39,40)/b15-13+. The molecule has 0 saturated heterocycles. The van der Waals surface area contributed by atoms with E-state index in [1.54, 1.807) is 62.8 Å². The van der Waals surface area contributed by atoms with Gasteiger partial charge in [-0.3, -0.25) is 14.4 Å². The first kappa shape index (κ1) is 30.8. The second-order valence-corrected chi connectivity index (χ2v) is 12.0. The molecular weight excluding hydrogens is 584 g/mol. The summed E-state index contributed by atoms with van der Waals surface area (Å²) in [6, 6.07) is 12.9. The van der Waals surface area contributed by atoms with Crippen LogP contribution in [0.3, 0.4) is 0 Å². The average Bonchev–Trinajstić information content (AvgIpc) is 3.71. The Morgan fingerprint density at radius 3 is 2.39 bits per heavy atom. The highest BCUT2D eigenvalue weighted by Gasteiger charge is 2.30. The van der Waals surface area contributed by atoms with Gasteiger partial charge in [-0.2, -0.15) is 4.98 Å². The van der Waals surface area contributed by atoms with E-state index in [4.69, 9.17) is 9.72 Å². The zero-order valence-corrected chi connectivity index (χ0v) is 26.2. The number of nitrogens with one attached hydrogen (secondary N) is 3. The van der Waals surface area contributed by atoms with Gasteiger partial charge in [0, 0.05) is 55.4 Å². The van der Waals surface area contributed by atoms with Crippen molar-refractivity contribution in [3.8, 4) is 5.75 Å². The molecule has 0 radical (unpaired) electrons. The smallest absolute Gasteiger partial charge is 0.270 e. The van der Waals surface area contributed by atoms with E-state index in [2.05, 4.69) is 30.5 Å². The molecule has 2 fully saturated rings. The fraction of sp³-hybridized carbons (Fsp3) is 0.353. The summed E-state index contributed by atoms with van der Waals surface area (Å²) in [5, 5.41) is 10.4. The fourth-order valence-corrected chi connectivity index (χ4v) is 6.00. The molecular formula is C34H38N8O4. The Morgan fingerprint density at radius 1 is 0.957 bits per heavy atom. The number of amides is 2. The number of ketones is 1. The molecule has 3 heterocycles. The number of nitrogens with zero attached hydrogens (tertiary/aromatic N) is 5. The number of hydrogen-bond donors (Lipinski definition) is 3. The number of rotatable bonds is 11. The molecule has 6 rings (SSSR count). The number of allylic oxidation sites excluding steroid dienone is 1. The van der Waals surface area contributed by atoms with Gasteiger partial charge >= 0.3 is 0 Å². The number of anilines is 3. The van der Waals surface area contributed by atoms with Gasteiger partial charge in [0.05, 0.1) is 19.0 Å². The first-order chi connectivity index (χ1) is 22.3. The molecule has 2 aliphatic rings. The number of hydrogen-bond acceptors (Lipinski definition) is 9. The Hall–Kier alpha value is -5.26. The summed E-state index contributed by atoms with van der Waals surface area (Å²) in [4.78, 5) is 53.0. The maximum absolute atomic E-state index is 13.0. The summed E-state index contributed by atoms with van der Waals surface area (Å²) in [7, 11) is 5.09. The van der Waals surface area contributed by atoms with Crippen molar-refractivity contribution in [2.24, 2.45) is 0 Å². The van der Waals surface area contributed by atoms with Gasteiger partial charge in [-0.25, -0.2) is 9.97 Å². The van der Waals surface area contributed by atoms with Gasteiger partial charge in [-0.1, -0.05) is 12.8 Å². The number of methoxy groups -OCH3 is 1. The van der Waals surface area contributed by atoms with E-state index in [1.807, 2.05) is 18.2 Å². The number of pyridine rings is 1. The van der Waals surface area contributed by atoms with Crippen molar-refractivity contribution in [2.45, 2.75) is 56.7 Å². The van der Waals surface area contributed by atoms with Crippen molar-refractivity contribution in [3.63, 3.8) is 0 Å². The highest BCUT2D eigenvalue weighted by molar-refractivity contribution is 6.07. The molecule has 12 heteroatoms. The van der Waals surface area contributed by atoms with Crippen LogP contribution >= 0.6 is 0 Å². The molecule has 0 bridgehead atoms. The Labute approximate surface area is 267 Å². The average molecular weight is 623 g/mol. The van der Waals surface area contributed by atoms with Crippen LogP contribution in [0, 0.1) is 0 Å². The lowest BCUT2D eigenvalue weighted by Gasteiger charge is -2.36. The van der Waals surface area contributed by atoms with E-state index in [0.717, 1.165) is 55.2 Å². The van der Waals surface area contributed by atoms with Gasteiger partial charge in [0.25, 0.3) is 5.91 Å². The minimum Gasteiger partial charge on any atom is -0.497 e. The predicted octanol–water partition coefficient (Wildman–Crippen LogP) is 4.89. The van der Waals surface area contributed by atoms with Crippen molar-refractivity contribution in [1.29, 1.82) is 0 Å². The molecule has 3 N–H and O–H groups in total. The number of carbonyl (C=O) groups is 3.